The van der Waals surface area contributed by atoms with Crippen molar-refractivity contribution in [3.8, 4) is 0 Å². The van der Waals surface area contributed by atoms with Crippen molar-refractivity contribution in [2.75, 3.05) is 0 Å². The van der Waals surface area contributed by atoms with Gasteiger partial charge in [0.25, 0.3) is 0 Å². The number of rotatable bonds is 1. The van der Waals surface area contributed by atoms with Crippen molar-refractivity contribution in [1.82, 2.24) is 9.94 Å². The van der Waals surface area contributed by atoms with Crippen LogP contribution in [0.5, 0.6) is 0 Å². The minimum absolute atomic E-state index is 0.784. The Balaban J connectivity index is 2.98. The monoisotopic (exact) mass is 126 g/mol. The first kappa shape index (κ1) is 6.13. The van der Waals surface area contributed by atoms with Gasteiger partial charge in [0.05, 0.1) is 11.4 Å². The molecule has 50 valence electrons. The Bertz CT molecular complexity index is 185. The molecule has 0 atom stereocenters. The molecule has 0 radical (unpaired) electrons. The van der Waals surface area contributed by atoms with E-state index in [2.05, 4.69) is 5.10 Å². The van der Waals surface area contributed by atoms with Crippen LogP contribution < -0.4 is 0 Å². The SMILES string of the molecule is CCc1cc(C)n(O)n1. The highest BCUT2D eigenvalue weighted by Gasteiger charge is 1.97. The van der Waals surface area contributed by atoms with Gasteiger partial charge < -0.3 is 5.21 Å². The molecule has 3 nitrogen and oxygen atoms in total. The molecule has 0 amide bonds. The van der Waals surface area contributed by atoms with E-state index in [0.29, 0.717) is 0 Å². The number of hydrogen-bond donors (Lipinski definition) is 1. The van der Waals surface area contributed by atoms with Gasteiger partial charge in [-0.05, 0) is 19.4 Å². The van der Waals surface area contributed by atoms with Crippen LogP contribution in [0.3, 0.4) is 0 Å². The van der Waals surface area contributed by atoms with E-state index in [1.807, 2.05) is 19.9 Å². The van der Waals surface area contributed by atoms with Gasteiger partial charge >= 0.3 is 0 Å². The van der Waals surface area contributed by atoms with Crippen LogP contribution in [0.15, 0.2) is 6.07 Å². The average Bonchev–Trinajstić information content (AvgIpc) is 2.13. The van der Waals surface area contributed by atoms with E-state index in [-0.39, 0.29) is 0 Å². The van der Waals surface area contributed by atoms with Crippen LogP contribution in [-0.4, -0.2) is 15.2 Å². The van der Waals surface area contributed by atoms with E-state index >= 15 is 0 Å². The Morgan fingerprint density at radius 3 is 2.67 bits per heavy atom. The summed E-state index contributed by atoms with van der Waals surface area (Å²) in [6, 6.07) is 1.86. The molecule has 0 saturated heterocycles. The van der Waals surface area contributed by atoms with E-state index in [0.717, 1.165) is 22.7 Å². The second kappa shape index (κ2) is 2.09. The lowest BCUT2D eigenvalue weighted by Crippen LogP contribution is -1.94. The number of nitrogens with zero attached hydrogens (tertiary/aromatic N) is 2. The van der Waals surface area contributed by atoms with Crippen molar-refractivity contribution in [3.63, 3.8) is 0 Å². The maximum Gasteiger partial charge on any atom is 0.0770 e. The molecule has 3 heteroatoms. The minimum Gasteiger partial charge on any atom is -0.411 e. The quantitative estimate of drug-likeness (QED) is 0.570. The third kappa shape index (κ3) is 1.04. The summed E-state index contributed by atoms with van der Waals surface area (Å²) in [6.45, 7) is 3.81. The molecule has 0 unspecified atom stereocenters. The van der Waals surface area contributed by atoms with Crippen molar-refractivity contribution < 1.29 is 5.21 Å². The molecule has 1 aromatic rings. The van der Waals surface area contributed by atoms with Crippen molar-refractivity contribution in [1.29, 1.82) is 0 Å². The molecule has 0 fully saturated rings. The lowest BCUT2D eigenvalue weighted by molar-refractivity contribution is 0.141. The van der Waals surface area contributed by atoms with Crippen LogP contribution in [0.4, 0.5) is 0 Å². The first-order valence-corrected chi connectivity index (χ1v) is 2.99. The zero-order valence-electron chi connectivity index (χ0n) is 5.63. The van der Waals surface area contributed by atoms with Crippen molar-refractivity contribution in [2.24, 2.45) is 0 Å². The Labute approximate surface area is 53.9 Å². The van der Waals surface area contributed by atoms with Crippen LogP contribution >= 0.6 is 0 Å². The molecular formula is C6H10N2O. The van der Waals surface area contributed by atoms with Gasteiger partial charge in [-0.15, -0.1) is 9.94 Å². The van der Waals surface area contributed by atoms with Crippen molar-refractivity contribution in [3.05, 3.63) is 17.5 Å². The number of hydrogen-bond acceptors (Lipinski definition) is 2. The van der Waals surface area contributed by atoms with E-state index in [9.17, 15) is 0 Å². The Morgan fingerprint density at radius 2 is 2.44 bits per heavy atom. The van der Waals surface area contributed by atoms with Crippen LogP contribution in [0, 0.1) is 6.92 Å². The number of aromatic nitrogens is 2. The number of aryl methyl sites for hydroxylation is 2. The zero-order valence-corrected chi connectivity index (χ0v) is 5.63. The lowest BCUT2D eigenvalue weighted by atomic mass is 10.3. The highest BCUT2D eigenvalue weighted by molar-refractivity contribution is 5.06. The molecule has 0 aliphatic heterocycles. The molecule has 0 saturated carbocycles. The van der Waals surface area contributed by atoms with E-state index < -0.39 is 0 Å². The van der Waals surface area contributed by atoms with Crippen LogP contribution in [0.25, 0.3) is 0 Å². The largest absolute Gasteiger partial charge is 0.411 e. The van der Waals surface area contributed by atoms with Gasteiger partial charge in [0, 0.05) is 0 Å². The highest BCUT2D eigenvalue weighted by Crippen LogP contribution is 1.99. The van der Waals surface area contributed by atoms with Gasteiger partial charge in [0.1, 0.15) is 0 Å². The van der Waals surface area contributed by atoms with Gasteiger partial charge in [0.15, 0.2) is 0 Å². The molecule has 0 spiro atoms. The summed E-state index contributed by atoms with van der Waals surface area (Å²) in [5.74, 6) is 0. The Kier molecular flexibility index (Phi) is 1.42. The van der Waals surface area contributed by atoms with Crippen LogP contribution in [-0.2, 0) is 6.42 Å². The van der Waals surface area contributed by atoms with E-state index in [4.69, 9.17) is 5.21 Å². The molecule has 0 aliphatic rings. The average molecular weight is 126 g/mol. The van der Waals surface area contributed by atoms with E-state index in [1.54, 1.807) is 0 Å². The summed E-state index contributed by atoms with van der Waals surface area (Å²) in [7, 11) is 0. The molecule has 9 heavy (non-hydrogen) atoms. The topological polar surface area (TPSA) is 38.0 Å². The lowest BCUT2D eigenvalue weighted by Gasteiger charge is -1.86. The third-order valence-corrected chi connectivity index (χ3v) is 1.28. The van der Waals surface area contributed by atoms with Crippen molar-refractivity contribution in [2.45, 2.75) is 20.3 Å². The first-order valence-electron chi connectivity index (χ1n) is 2.99. The molecule has 1 heterocycles. The normalized spacial score (nSPS) is 10.0. The molecule has 1 N–H and O–H groups in total. The molecule has 1 aromatic heterocycles. The summed E-state index contributed by atoms with van der Waals surface area (Å²) >= 11 is 0. The van der Waals surface area contributed by atoms with Crippen LogP contribution in [0.1, 0.15) is 18.3 Å². The predicted octanol–water partition coefficient (Wildman–Crippen LogP) is 0.991. The fourth-order valence-electron chi connectivity index (χ4n) is 0.701. The van der Waals surface area contributed by atoms with Gasteiger partial charge in [-0.3, -0.25) is 0 Å². The fraction of sp³-hybridized carbons (Fsp3) is 0.500. The first-order chi connectivity index (χ1) is 4.24. The highest BCUT2D eigenvalue weighted by atomic mass is 16.5. The smallest absolute Gasteiger partial charge is 0.0770 e. The predicted molar refractivity (Wildman–Crippen MR) is 33.5 cm³/mol. The summed E-state index contributed by atoms with van der Waals surface area (Å²) in [5.41, 5.74) is 1.71. The van der Waals surface area contributed by atoms with E-state index in [1.165, 1.54) is 0 Å². The van der Waals surface area contributed by atoms with Gasteiger partial charge in [-0.25, -0.2) is 0 Å². The molecule has 0 bridgehead atoms. The summed E-state index contributed by atoms with van der Waals surface area (Å²) in [6.07, 6.45) is 0.869. The standard InChI is InChI=1S/C6H10N2O/c1-3-6-4-5(2)8(9)7-6/h4,9H,3H2,1-2H3. The fourth-order valence-corrected chi connectivity index (χ4v) is 0.701. The Morgan fingerprint density at radius 1 is 1.78 bits per heavy atom. The van der Waals surface area contributed by atoms with Gasteiger partial charge in [0.2, 0.25) is 0 Å². The molecule has 0 aliphatic carbocycles. The second-order valence-electron chi connectivity index (χ2n) is 2.02. The molecular weight excluding hydrogens is 116 g/mol. The maximum atomic E-state index is 8.88. The maximum absolute atomic E-state index is 8.88. The minimum atomic E-state index is 0.784. The second-order valence-corrected chi connectivity index (χ2v) is 2.02. The van der Waals surface area contributed by atoms with Gasteiger partial charge in [-0.2, -0.15) is 0 Å². The third-order valence-electron chi connectivity index (χ3n) is 1.28. The summed E-state index contributed by atoms with van der Waals surface area (Å²) < 4.78 is 0. The zero-order chi connectivity index (χ0) is 6.85. The summed E-state index contributed by atoms with van der Waals surface area (Å²) in [5, 5.41) is 12.7. The molecule has 0 aromatic carbocycles. The van der Waals surface area contributed by atoms with Crippen molar-refractivity contribution >= 4 is 0 Å². The molecule has 1 rings (SSSR count). The van der Waals surface area contributed by atoms with Crippen LogP contribution in [0.2, 0.25) is 0 Å². The van der Waals surface area contributed by atoms with Gasteiger partial charge in [-0.1, -0.05) is 6.92 Å². The Hall–Kier alpha value is -0.990. The summed E-state index contributed by atoms with van der Waals surface area (Å²) in [4.78, 5) is 0.902.